The Bertz CT molecular complexity index is 1120. The minimum atomic E-state index is -0.614. The molecule has 1 aromatic rings. The molecule has 1 aromatic carbocycles. The fourth-order valence-electron chi connectivity index (χ4n) is 7.64. The van der Waals surface area contributed by atoms with Gasteiger partial charge in [0.15, 0.2) is 0 Å². The summed E-state index contributed by atoms with van der Waals surface area (Å²) in [7, 11) is 0. The minimum Gasteiger partial charge on any atom is -0.393 e. The molecule has 4 fully saturated rings. The summed E-state index contributed by atoms with van der Waals surface area (Å²) in [6, 6.07) is 7.61. The van der Waals surface area contributed by atoms with Crippen molar-refractivity contribution in [3.05, 3.63) is 29.8 Å². The first kappa shape index (κ1) is 30.1. The third-order valence-electron chi connectivity index (χ3n) is 10.3. The first-order valence-corrected chi connectivity index (χ1v) is 16.6. The molecule has 5 heterocycles. The normalized spacial score (nSPS) is 24.4. The molecule has 11 nitrogen and oxygen atoms in total. The molecular weight excluding hydrogens is 546 g/mol. The van der Waals surface area contributed by atoms with Gasteiger partial charge in [0, 0.05) is 70.1 Å². The molecule has 0 saturated carbocycles. The molecule has 0 aliphatic carbocycles. The molecule has 0 aromatic heterocycles. The number of rotatable bonds is 6. The molecule has 236 valence electrons. The zero-order valence-corrected chi connectivity index (χ0v) is 25.5. The van der Waals surface area contributed by atoms with E-state index in [9.17, 15) is 19.5 Å². The Morgan fingerprint density at radius 2 is 1.49 bits per heavy atom. The number of urea groups is 2. The van der Waals surface area contributed by atoms with Gasteiger partial charge in [0.1, 0.15) is 6.04 Å². The van der Waals surface area contributed by atoms with E-state index in [0.29, 0.717) is 57.9 Å². The lowest BCUT2D eigenvalue weighted by molar-refractivity contribution is -0.135. The highest BCUT2D eigenvalue weighted by Gasteiger charge is 2.36. The molecule has 1 atom stereocenters. The lowest BCUT2D eigenvalue weighted by Gasteiger charge is -2.42. The number of nitrogens with one attached hydrogen (secondary N) is 2. The Kier molecular flexibility index (Phi) is 9.69. The topological polar surface area (TPSA) is 112 Å². The van der Waals surface area contributed by atoms with Gasteiger partial charge in [-0.3, -0.25) is 4.79 Å². The van der Waals surface area contributed by atoms with Crippen molar-refractivity contribution >= 4 is 23.7 Å². The maximum absolute atomic E-state index is 13.9. The summed E-state index contributed by atoms with van der Waals surface area (Å²) in [4.78, 5) is 50.7. The van der Waals surface area contributed by atoms with Gasteiger partial charge in [0.2, 0.25) is 5.91 Å². The predicted octanol–water partition coefficient (Wildman–Crippen LogP) is 2.51. The minimum absolute atomic E-state index is 0.00936. The van der Waals surface area contributed by atoms with E-state index in [-0.39, 0.29) is 30.1 Å². The number of likely N-dealkylation sites (tertiary alicyclic amines) is 4. The van der Waals surface area contributed by atoms with Crippen LogP contribution in [0.1, 0.15) is 63.4 Å². The molecule has 11 heteroatoms. The van der Waals surface area contributed by atoms with E-state index in [0.717, 1.165) is 50.3 Å². The number of aliphatic hydroxyl groups is 1. The van der Waals surface area contributed by atoms with Crippen LogP contribution in [-0.4, -0.2) is 131 Å². The molecule has 5 aliphatic rings. The van der Waals surface area contributed by atoms with Gasteiger partial charge in [0.25, 0.3) is 0 Å². The Balaban J connectivity index is 1.04. The van der Waals surface area contributed by atoms with Crippen molar-refractivity contribution in [3.63, 3.8) is 0 Å². The average molecular weight is 596 g/mol. The zero-order chi connectivity index (χ0) is 29.8. The Morgan fingerprint density at radius 1 is 0.837 bits per heavy atom. The van der Waals surface area contributed by atoms with Gasteiger partial charge in [-0.25, -0.2) is 9.59 Å². The van der Waals surface area contributed by atoms with Crippen LogP contribution in [0.5, 0.6) is 0 Å². The number of piperidine rings is 4. The van der Waals surface area contributed by atoms with E-state index in [1.165, 1.54) is 32.4 Å². The van der Waals surface area contributed by atoms with Gasteiger partial charge in [-0.05, 0) is 76.1 Å². The number of anilines is 1. The van der Waals surface area contributed by atoms with Crippen LogP contribution >= 0.6 is 0 Å². The van der Waals surface area contributed by atoms with Crippen LogP contribution in [0.15, 0.2) is 24.3 Å². The van der Waals surface area contributed by atoms with Crippen LogP contribution in [-0.2, 0) is 11.3 Å². The first-order valence-electron chi connectivity index (χ1n) is 16.6. The number of aliphatic hydroxyl groups excluding tert-OH is 1. The van der Waals surface area contributed by atoms with Gasteiger partial charge in [-0.2, -0.15) is 0 Å². The molecule has 6 rings (SSSR count). The number of carbonyl (C=O) groups is 3. The van der Waals surface area contributed by atoms with Crippen molar-refractivity contribution in [2.45, 2.75) is 88.6 Å². The number of para-hydroxylation sites is 1. The number of hydrogen-bond acceptors (Lipinski definition) is 6. The molecule has 0 radical (unpaired) electrons. The van der Waals surface area contributed by atoms with E-state index in [1.807, 2.05) is 34.1 Å². The summed E-state index contributed by atoms with van der Waals surface area (Å²) in [5, 5.41) is 16.1. The van der Waals surface area contributed by atoms with Crippen molar-refractivity contribution in [1.82, 2.24) is 29.8 Å². The second kappa shape index (κ2) is 13.8. The third kappa shape index (κ3) is 7.26. The van der Waals surface area contributed by atoms with Crippen LogP contribution in [0.4, 0.5) is 15.3 Å². The van der Waals surface area contributed by atoms with E-state index >= 15 is 0 Å². The summed E-state index contributed by atoms with van der Waals surface area (Å²) in [5.74, 6) is 0.00936. The number of benzene rings is 1. The molecule has 0 spiro atoms. The quantitative estimate of drug-likeness (QED) is 0.466. The summed E-state index contributed by atoms with van der Waals surface area (Å²) >= 11 is 0. The van der Waals surface area contributed by atoms with Crippen LogP contribution in [0, 0.1) is 0 Å². The maximum Gasteiger partial charge on any atom is 0.322 e. The van der Waals surface area contributed by atoms with E-state index in [1.54, 1.807) is 4.90 Å². The van der Waals surface area contributed by atoms with Crippen LogP contribution < -0.4 is 10.6 Å². The first-order chi connectivity index (χ1) is 20.9. The van der Waals surface area contributed by atoms with Gasteiger partial charge in [-0.1, -0.05) is 24.6 Å². The van der Waals surface area contributed by atoms with E-state index in [2.05, 4.69) is 20.4 Å². The van der Waals surface area contributed by atoms with Crippen molar-refractivity contribution in [1.29, 1.82) is 0 Å². The standard InChI is InChI=1S/C32H49N7O4/c40-27-12-16-35(17-13-27)23-29(30(41)37-18-8-25(9-19-37)36-14-4-1-5-15-36)34-31(42)38-20-10-26(11-21-38)39-22-24-6-2-3-7-28(24)33-32(39)43/h2-3,6-7,25-27,29,40H,1,4-5,8-23H2,(H,33,43)(H,34,42). The number of fused-ring (bicyclic) bond motifs is 1. The smallest absolute Gasteiger partial charge is 0.322 e. The van der Waals surface area contributed by atoms with Crippen LogP contribution in [0.25, 0.3) is 0 Å². The summed E-state index contributed by atoms with van der Waals surface area (Å²) < 4.78 is 0. The molecule has 0 bridgehead atoms. The predicted molar refractivity (Wildman–Crippen MR) is 165 cm³/mol. The SMILES string of the molecule is O=C(NC(CN1CCC(O)CC1)C(=O)N1CCC(N2CCCCC2)CC1)N1CCC(N2Cc3ccccc3NC2=O)CC1. The molecule has 4 saturated heterocycles. The van der Waals surface area contributed by atoms with Gasteiger partial charge in [0.05, 0.1) is 6.10 Å². The number of amides is 5. The van der Waals surface area contributed by atoms with Gasteiger partial charge in [-0.15, -0.1) is 0 Å². The van der Waals surface area contributed by atoms with Crippen molar-refractivity contribution in [2.75, 3.05) is 64.2 Å². The second-order valence-corrected chi connectivity index (χ2v) is 13.1. The van der Waals surface area contributed by atoms with Crippen molar-refractivity contribution in [2.24, 2.45) is 0 Å². The lowest BCUT2D eigenvalue weighted by Crippen LogP contribution is -2.60. The fourth-order valence-corrected chi connectivity index (χ4v) is 7.64. The maximum atomic E-state index is 13.9. The van der Waals surface area contributed by atoms with Crippen molar-refractivity contribution in [3.8, 4) is 0 Å². The van der Waals surface area contributed by atoms with E-state index in [4.69, 9.17) is 0 Å². The molecule has 5 aliphatic heterocycles. The molecule has 1 unspecified atom stereocenters. The number of carbonyl (C=O) groups excluding carboxylic acids is 3. The van der Waals surface area contributed by atoms with E-state index < -0.39 is 6.04 Å². The Hall–Kier alpha value is -2.89. The monoisotopic (exact) mass is 595 g/mol. The van der Waals surface area contributed by atoms with Crippen molar-refractivity contribution < 1.29 is 19.5 Å². The average Bonchev–Trinajstić information content (AvgIpc) is 3.05. The molecule has 43 heavy (non-hydrogen) atoms. The molecular formula is C32H49N7O4. The molecule has 5 amide bonds. The number of nitrogens with zero attached hydrogens (tertiary/aromatic N) is 5. The Morgan fingerprint density at radius 3 is 2.21 bits per heavy atom. The fraction of sp³-hybridized carbons (Fsp3) is 0.719. The summed E-state index contributed by atoms with van der Waals surface area (Å²) in [5.41, 5.74) is 1.98. The third-order valence-corrected chi connectivity index (χ3v) is 10.3. The van der Waals surface area contributed by atoms with Gasteiger partial charge < -0.3 is 40.2 Å². The highest BCUT2D eigenvalue weighted by molar-refractivity contribution is 5.92. The van der Waals surface area contributed by atoms with Crippen LogP contribution in [0.3, 0.4) is 0 Å². The zero-order valence-electron chi connectivity index (χ0n) is 25.5. The van der Waals surface area contributed by atoms with Crippen LogP contribution in [0.2, 0.25) is 0 Å². The highest BCUT2D eigenvalue weighted by atomic mass is 16.3. The summed E-state index contributed by atoms with van der Waals surface area (Å²) in [6.07, 6.45) is 8.35. The second-order valence-electron chi connectivity index (χ2n) is 13.1. The summed E-state index contributed by atoms with van der Waals surface area (Å²) in [6.45, 7) is 7.39. The lowest BCUT2D eigenvalue weighted by atomic mass is 9.99. The molecule has 3 N–H and O–H groups in total. The Labute approximate surface area is 255 Å². The largest absolute Gasteiger partial charge is 0.393 e. The van der Waals surface area contributed by atoms with Gasteiger partial charge >= 0.3 is 12.1 Å². The number of hydrogen-bond donors (Lipinski definition) is 3. The highest BCUT2D eigenvalue weighted by Crippen LogP contribution is 2.28.